The highest BCUT2D eigenvalue weighted by molar-refractivity contribution is 9.10. The molecule has 5 rings (SSSR count). The normalized spacial score (nSPS) is 26.1. The largest absolute Gasteiger partial charge is 0.327 e. The van der Waals surface area contributed by atoms with Gasteiger partial charge in [0.25, 0.3) is 5.91 Å². The molecular formula is C22H23BrN6O2. The molecule has 1 N–H and O–H groups in total. The number of hydrogen-bond acceptors (Lipinski definition) is 6. The second-order valence-electron chi connectivity index (χ2n) is 8.03. The molecule has 31 heavy (non-hydrogen) atoms. The molecule has 0 saturated carbocycles. The summed E-state index contributed by atoms with van der Waals surface area (Å²) in [5, 5.41) is 10.4. The number of halogens is 1. The Bertz CT molecular complexity index is 1040. The summed E-state index contributed by atoms with van der Waals surface area (Å²) >= 11 is 3.48. The average molecular weight is 483 g/mol. The lowest BCUT2D eigenvalue weighted by Crippen LogP contribution is -2.65. The lowest BCUT2D eigenvalue weighted by atomic mass is 10.1. The quantitative estimate of drug-likeness (QED) is 0.724. The Morgan fingerprint density at radius 3 is 2.48 bits per heavy atom. The van der Waals surface area contributed by atoms with Gasteiger partial charge in [-0.2, -0.15) is 5.10 Å². The van der Waals surface area contributed by atoms with Gasteiger partial charge in [-0.3, -0.25) is 20.0 Å². The first kappa shape index (κ1) is 20.2. The molecule has 3 aliphatic heterocycles. The Labute approximate surface area is 189 Å². The van der Waals surface area contributed by atoms with Gasteiger partial charge in [0.05, 0.1) is 12.3 Å². The van der Waals surface area contributed by atoms with Crippen LogP contribution in [0.5, 0.6) is 0 Å². The monoisotopic (exact) mass is 482 g/mol. The number of hydrazone groups is 1. The fourth-order valence-corrected chi connectivity index (χ4v) is 4.72. The van der Waals surface area contributed by atoms with Crippen LogP contribution in [0.1, 0.15) is 11.1 Å². The number of nitrogens with one attached hydrogen (secondary N) is 1. The number of likely N-dealkylation sites (N-methyl/N-ethyl adjacent to an activating group) is 2. The van der Waals surface area contributed by atoms with Gasteiger partial charge in [0.2, 0.25) is 0 Å². The minimum atomic E-state index is -0.473. The Morgan fingerprint density at radius 1 is 1.06 bits per heavy atom. The molecule has 2 saturated heterocycles. The van der Waals surface area contributed by atoms with Crippen molar-refractivity contribution in [2.45, 2.75) is 25.0 Å². The van der Waals surface area contributed by atoms with Crippen molar-refractivity contribution in [2.24, 2.45) is 5.10 Å². The minimum absolute atomic E-state index is 0.194. The number of rotatable bonds is 3. The fraction of sp³-hybridized carbons (Fsp3) is 0.318. The van der Waals surface area contributed by atoms with E-state index in [0.29, 0.717) is 13.1 Å². The van der Waals surface area contributed by atoms with Gasteiger partial charge in [-0.25, -0.2) is 9.69 Å². The number of amides is 3. The molecule has 160 valence electrons. The van der Waals surface area contributed by atoms with Crippen molar-refractivity contribution < 1.29 is 9.59 Å². The third-order valence-corrected chi connectivity index (χ3v) is 6.64. The smallest absolute Gasteiger partial charge is 0.310 e. The number of imide groups is 1. The Morgan fingerprint density at radius 2 is 1.77 bits per heavy atom. The van der Waals surface area contributed by atoms with Crippen LogP contribution in [0, 0.1) is 0 Å². The van der Waals surface area contributed by atoms with Gasteiger partial charge in [0.15, 0.2) is 6.29 Å². The van der Waals surface area contributed by atoms with E-state index in [-0.39, 0.29) is 18.2 Å². The highest BCUT2D eigenvalue weighted by Gasteiger charge is 2.55. The molecule has 0 bridgehead atoms. The number of nitrogens with zero attached hydrogens (tertiary/aromatic N) is 5. The van der Waals surface area contributed by atoms with E-state index in [0.717, 1.165) is 21.3 Å². The molecule has 2 aromatic carbocycles. The van der Waals surface area contributed by atoms with Crippen LogP contribution in [-0.2, 0) is 11.3 Å². The van der Waals surface area contributed by atoms with E-state index in [1.807, 2.05) is 47.5 Å². The summed E-state index contributed by atoms with van der Waals surface area (Å²) in [7, 11) is 3.27. The van der Waals surface area contributed by atoms with Crippen molar-refractivity contribution in [2.75, 3.05) is 20.6 Å². The van der Waals surface area contributed by atoms with E-state index in [1.54, 1.807) is 19.0 Å². The van der Waals surface area contributed by atoms with Crippen LogP contribution < -0.4 is 5.32 Å². The molecule has 9 heteroatoms. The summed E-state index contributed by atoms with van der Waals surface area (Å²) in [5.74, 6) is -0.194. The summed E-state index contributed by atoms with van der Waals surface area (Å²) < 4.78 is 1.02. The molecule has 3 atom stereocenters. The Kier molecular flexibility index (Phi) is 5.04. The first-order valence-corrected chi connectivity index (χ1v) is 10.9. The molecule has 0 aliphatic carbocycles. The molecule has 2 aromatic rings. The summed E-state index contributed by atoms with van der Waals surface area (Å²) in [4.78, 5) is 30.5. The predicted octanol–water partition coefficient (Wildman–Crippen LogP) is 2.08. The van der Waals surface area contributed by atoms with Crippen LogP contribution in [0.15, 0.2) is 64.2 Å². The zero-order chi connectivity index (χ0) is 21.7. The second-order valence-corrected chi connectivity index (χ2v) is 8.95. The molecule has 0 spiro atoms. The van der Waals surface area contributed by atoms with Gasteiger partial charge in [-0.1, -0.05) is 58.4 Å². The standard InChI is InChI=1S/C22H23BrN6O2/c1-26-19-18(20(30)27(2)22(26)31)28-13-17(15-6-4-3-5-7-15)25-29(21(28)24-19)12-14-8-10-16(23)11-9-14/h3-11,18-19,21,24H,12-13H2,1-2H3. The van der Waals surface area contributed by atoms with Crippen LogP contribution in [0.4, 0.5) is 4.79 Å². The average Bonchev–Trinajstić information content (AvgIpc) is 3.18. The third kappa shape index (κ3) is 3.42. The molecule has 3 amide bonds. The molecule has 3 heterocycles. The van der Waals surface area contributed by atoms with Gasteiger partial charge < -0.3 is 4.90 Å². The summed E-state index contributed by atoms with van der Waals surface area (Å²) in [6.45, 7) is 1.08. The highest BCUT2D eigenvalue weighted by atomic mass is 79.9. The summed E-state index contributed by atoms with van der Waals surface area (Å²) in [6.07, 6.45) is -0.698. The van der Waals surface area contributed by atoms with E-state index in [1.165, 1.54) is 4.90 Å². The maximum Gasteiger partial charge on any atom is 0.327 e. The van der Waals surface area contributed by atoms with Crippen LogP contribution in [0.3, 0.4) is 0 Å². The van der Waals surface area contributed by atoms with E-state index in [2.05, 4.69) is 38.3 Å². The number of carbonyl (C=O) groups excluding carboxylic acids is 2. The number of hydrogen-bond donors (Lipinski definition) is 1. The zero-order valence-corrected chi connectivity index (χ0v) is 18.9. The van der Waals surface area contributed by atoms with E-state index in [4.69, 9.17) is 5.10 Å². The van der Waals surface area contributed by atoms with Crippen molar-refractivity contribution in [3.63, 3.8) is 0 Å². The first-order chi connectivity index (χ1) is 14.9. The Hall–Kier alpha value is -2.75. The third-order valence-electron chi connectivity index (χ3n) is 6.11. The maximum atomic E-state index is 13.1. The van der Waals surface area contributed by atoms with Crippen molar-refractivity contribution >= 4 is 33.6 Å². The molecule has 3 aliphatic rings. The van der Waals surface area contributed by atoms with Gasteiger partial charge in [0, 0.05) is 25.1 Å². The van der Waals surface area contributed by atoms with Crippen molar-refractivity contribution in [3.05, 3.63) is 70.2 Å². The SMILES string of the molecule is CN1C(=O)C2C(NC3N(Cc4ccc(Br)cc4)N=C(c4ccccc4)CN23)N(C)C1=O. The molecule has 8 nitrogen and oxygen atoms in total. The number of carbonyl (C=O) groups is 2. The van der Waals surface area contributed by atoms with Crippen molar-refractivity contribution in [1.29, 1.82) is 0 Å². The zero-order valence-electron chi connectivity index (χ0n) is 17.3. The minimum Gasteiger partial charge on any atom is -0.310 e. The van der Waals surface area contributed by atoms with Crippen molar-refractivity contribution in [3.8, 4) is 0 Å². The van der Waals surface area contributed by atoms with Crippen LogP contribution in [0.2, 0.25) is 0 Å². The fourth-order valence-electron chi connectivity index (χ4n) is 4.46. The summed E-state index contributed by atoms with van der Waals surface area (Å²) in [6, 6.07) is 17.3. The molecular weight excluding hydrogens is 460 g/mol. The lowest BCUT2D eigenvalue weighted by molar-refractivity contribution is -0.137. The predicted molar refractivity (Wildman–Crippen MR) is 120 cm³/mol. The van der Waals surface area contributed by atoms with Gasteiger partial charge >= 0.3 is 6.03 Å². The van der Waals surface area contributed by atoms with Crippen molar-refractivity contribution in [1.82, 2.24) is 25.0 Å². The van der Waals surface area contributed by atoms with Gasteiger partial charge in [-0.15, -0.1) is 0 Å². The van der Waals surface area contributed by atoms with E-state index >= 15 is 0 Å². The van der Waals surface area contributed by atoms with Gasteiger partial charge in [0.1, 0.15) is 12.2 Å². The molecule has 0 radical (unpaired) electrons. The Balaban J connectivity index is 1.53. The van der Waals surface area contributed by atoms with Crippen LogP contribution in [-0.4, -0.2) is 76.5 Å². The van der Waals surface area contributed by atoms with Crippen LogP contribution in [0.25, 0.3) is 0 Å². The second kappa shape index (κ2) is 7.74. The number of urea groups is 1. The summed E-state index contributed by atoms with van der Waals surface area (Å²) in [5.41, 5.74) is 3.02. The van der Waals surface area contributed by atoms with E-state index in [9.17, 15) is 9.59 Å². The highest BCUT2D eigenvalue weighted by Crippen LogP contribution is 2.31. The van der Waals surface area contributed by atoms with Crippen LogP contribution >= 0.6 is 15.9 Å². The molecule has 2 fully saturated rings. The van der Waals surface area contributed by atoms with Gasteiger partial charge in [-0.05, 0) is 23.3 Å². The molecule has 0 aromatic heterocycles. The topological polar surface area (TPSA) is 71.5 Å². The maximum absolute atomic E-state index is 13.1. The van der Waals surface area contributed by atoms with E-state index < -0.39 is 12.2 Å². The number of fused-ring (bicyclic) bond motifs is 3. The molecule has 3 unspecified atom stereocenters. The number of benzene rings is 2. The first-order valence-electron chi connectivity index (χ1n) is 10.1. The lowest BCUT2D eigenvalue weighted by Gasteiger charge is -2.41.